The van der Waals surface area contributed by atoms with Crippen LogP contribution in [0.1, 0.15) is 33.1 Å². The molecule has 1 atom stereocenters. The highest BCUT2D eigenvalue weighted by molar-refractivity contribution is 5.85. The van der Waals surface area contributed by atoms with Gasteiger partial charge in [-0.2, -0.15) is 0 Å². The first kappa shape index (κ1) is 7.73. The molecule has 0 aromatic carbocycles. The molecule has 0 amide bonds. The fourth-order valence-electron chi connectivity index (χ4n) is 1.50. The lowest BCUT2D eigenvalue weighted by atomic mass is 9.93. The van der Waals surface area contributed by atoms with Gasteiger partial charge in [0.15, 0.2) is 5.78 Å². The standard InChI is InChI=1S/C8H14O2/c1-3-8(7(2)9)5-4-6-10-8/h3-6H2,1-2H3/t8-/m1/s1. The molecular weight excluding hydrogens is 128 g/mol. The van der Waals surface area contributed by atoms with Crippen molar-refractivity contribution in [1.82, 2.24) is 0 Å². The third kappa shape index (κ3) is 1.08. The Morgan fingerprint density at radius 2 is 2.40 bits per heavy atom. The van der Waals surface area contributed by atoms with Gasteiger partial charge in [-0.05, 0) is 26.2 Å². The van der Waals surface area contributed by atoms with Crippen molar-refractivity contribution in [3.63, 3.8) is 0 Å². The average molecular weight is 142 g/mol. The maximum Gasteiger partial charge on any atom is 0.161 e. The molecular formula is C8H14O2. The third-order valence-corrected chi connectivity index (χ3v) is 2.32. The van der Waals surface area contributed by atoms with Crippen LogP contribution in [0.4, 0.5) is 0 Å². The Labute approximate surface area is 61.6 Å². The van der Waals surface area contributed by atoms with E-state index in [1.807, 2.05) is 6.92 Å². The van der Waals surface area contributed by atoms with Crippen LogP contribution in [0.5, 0.6) is 0 Å². The molecule has 0 bridgehead atoms. The summed E-state index contributed by atoms with van der Waals surface area (Å²) in [4.78, 5) is 11.1. The van der Waals surface area contributed by atoms with Crippen molar-refractivity contribution in [3.05, 3.63) is 0 Å². The minimum atomic E-state index is -0.403. The highest BCUT2D eigenvalue weighted by atomic mass is 16.5. The van der Waals surface area contributed by atoms with Crippen molar-refractivity contribution < 1.29 is 9.53 Å². The molecule has 2 nitrogen and oxygen atoms in total. The summed E-state index contributed by atoms with van der Waals surface area (Å²) in [6, 6.07) is 0. The van der Waals surface area contributed by atoms with Gasteiger partial charge in [-0.1, -0.05) is 6.92 Å². The quantitative estimate of drug-likeness (QED) is 0.584. The minimum Gasteiger partial charge on any atom is -0.367 e. The molecule has 0 spiro atoms. The number of carbonyl (C=O) groups is 1. The molecule has 1 saturated heterocycles. The molecule has 2 heteroatoms. The molecule has 0 aromatic rings. The number of ether oxygens (including phenoxy) is 1. The lowest BCUT2D eigenvalue weighted by Gasteiger charge is -2.22. The Morgan fingerprint density at radius 1 is 1.70 bits per heavy atom. The fraction of sp³-hybridized carbons (Fsp3) is 0.875. The van der Waals surface area contributed by atoms with E-state index >= 15 is 0 Å². The monoisotopic (exact) mass is 142 g/mol. The van der Waals surface area contributed by atoms with Gasteiger partial charge in [-0.3, -0.25) is 4.79 Å². The number of carbonyl (C=O) groups excluding carboxylic acids is 1. The van der Waals surface area contributed by atoms with Gasteiger partial charge in [0, 0.05) is 6.61 Å². The van der Waals surface area contributed by atoms with Gasteiger partial charge in [-0.15, -0.1) is 0 Å². The second-order valence-electron chi connectivity index (χ2n) is 2.86. The molecule has 0 N–H and O–H groups in total. The van der Waals surface area contributed by atoms with E-state index in [2.05, 4.69) is 0 Å². The summed E-state index contributed by atoms with van der Waals surface area (Å²) in [6.45, 7) is 4.38. The third-order valence-electron chi connectivity index (χ3n) is 2.32. The maximum absolute atomic E-state index is 11.1. The molecule has 0 unspecified atom stereocenters. The summed E-state index contributed by atoms with van der Waals surface area (Å²) < 4.78 is 5.40. The van der Waals surface area contributed by atoms with Gasteiger partial charge in [0.05, 0.1) is 0 Å². The number of rotatable bonds is 2. The first-order valence-corrected chi connectivity index (χ1v) is 3.86. The minimum absolute atomic E-state index is 0.188. The van der Waals surface area contributed by atoms with E-state index in [4.69, 9.17) is 4.74 Å². The average Bonchev–Trinajstić information content (AvgIpc) is 2.35. The molecule has 1 aliphatic rings. The number of hydrogen-bond acceptors (Lipinski definition) is 2. The summed E-state index contributed by atoms with van der Waals surface area (Å²) in [7, 11) is 0. The molecule has 58 valence electrons. The molecule has 10 heavy (non-hydrogen) atoms. The van der Waals surface area contributed by atoms with Crippen molar-refractivity contribution in [2.45, 2.75) is 38.7 Å². The lowest BCUT2D eigenvalue weighted by molar-refractivity contribution is -0.136. The van der Waals surface area contributed by atoms with Crippen LogP contribution in [0.2, 0.25) is 0 Å². The smallest absolute Gasteiger partial charge is 0.161 e. The van der Waals surface area contributed by atoms with E-state index in [0.717, 1.165) is 25.9 Å². The van der Waals surface area contributed by atoms with Crippen LogP contribution in [-0.2, 0) is 9.53 Å². The first-order chi connectivity index (χ1) is 4.71. The van der Waals surface area contributed by atoms with Crippen LogP contribution in [-0.4, -0.2) is 18.0 Å². The van der Waals surface area contributed by atoms with Gasteiger partial charge in [0.25, 0.3) is 0 Å². The molecule has 1 heterocycles. The van der Waals surface area contributed by atoms with Crippen LogP contribution in [0.15, 0.2) is 0 Å². The molecule has 1 aliphatic heterocycles. The second-order valence-corrected chi connectivity index (χ2v) is 2.86. The summed E-state index contributed by atoms with van der Waals surface area (Å²) >= 11 is 0. The normalized spacial score (nSPS) is 32.6. The largest absolute Gasteiger partial charge is 0.367 e. The zero-order chi connectivity index (χ0) is 7.61. The van der Waals surface area contributed by atoms with Gasteiger partial charge in [-0.25, -0.2) is 0 Å². The van der Waals surface area contributed by atoms with Crippen molar-refractivity contribution in [1.29, 1.82) is 0 Å². The van der Waals surface area contributed by atoms with Gasteiger partial charge in [0.2, 0.25) is 0 Å². The Morgan fingerprint density at radius 3 is 2.60 bits per heavy atom. The topological polar surface area (TPSA) is 26.3 Å². The van der Waals surface area contributed by atoms with E-state index in [1.54, 1.807) is 6.92 Å². The Balaban J connectivity index is 2.67. The van der Waals surface area contributed by atoms with E-state index in [-0.39, 0.29) is 5.78 Å². The molecule has 0 saturated carbocycles. The SMILES string of the molecule is CC[C@]1(C(C)=O)CCCO1. The first-order valence-electron chi connectivity index (χ1n) is 3.86. The van der Waals surface area contributed by atoms with Gasteiger partial charge in [0.1, 0.15) is 5.60 Å². The van der Waals surface area contributed by atoms with Crippen molar-refractivity contribution >= 4 is 5.78 Å². The van der Waals surface area contributed by atoms with E-state index < -0.39 is 5.60 Å². The summed E-state index contributed by atoms with van der Waals surface area (Å²) in [5.74, 6) is 0.188. The Bertz CT molecular complexity index is 134. The Hall–Kier alpha value is -0.370. The predicted molar refractivity (Wildman–Crippen MR) is 38.9 cm³/mol. The maximum atomic E-state index is 11.1. The highest BCUT2D eigenvalue weighted by Crippen LogP contribution is 2.29. The molecule has 0 aliphatic carbocycles. The predicted octanol–water partition coefficient (Wildman–Crippen LogP) is 1.53. The number of Topliss-reactive ketones (excluding diaryl/α,β-unsaturated/α-hetero) is 1. The van der Waals surface area contributed by atoms with Crippen LogP contribution in [0.3, 0.4) is 0 Å². The van der Waals surface area contributed by atoms with Crippen molar-refractivity contribution in [3.8, 4) is 0 Å². The van der Waals surface area contributed by atoms with Crippen molar-refractivity contribution in [2.75, 3.05) is 6.61 Å². The number of ketones is 1. The fourth-order valence-corrected chi connectivity index (χ4v) is 1.50. The molecule has 0 aromatic heterocycles. The van der Waals surface area contributed by atoms with Gasteiger partial charge < -0.3 is 4.74 Å². The Kier molecular flexibility index (Phi) is 2.09. The second kappa shape index (κ2) is 2.70. The summed E-state index contributed by atoms with van der Waals surface area (Å²) in [5.41, 5.74) is -0.403. The number of hydrogen-bond donors (Lipinski definition) is 0. The molecule has 1 fully saturated rings. The van der Waals surface area contributed by atoms with E-state index in [0.29, 0.717) is 0 Å². The van der Waals surface area contributed by atoms with E-state index in [1.165, 1.54) is 0 Å². The van der Waals surface area contributed by atoms with Crippen LogP contribution < -0.4 is 0 Å². The van der Waals surface area contributed by atoms with Gasteiger partial charge >= 0.3 is 0 Å². The van der Waals surface area contributed by atoms with E-state index in [9.17, 15) is 4.79 Å². The summed E-state index contributed by atoms with van der Waals surface area (Å²) in [5, 5.41) is 0. The van der Waals surface area contributed by atoms with Crippen LogP contribution in [0, 0.1) is 0 Å². The zero-order valence-corrected chi connectivity index (χ0v) is 6.64. The molecule has 0 radical (unpaired) electrons. The van der Waals surface area contributed by atoms with Crippen LogP contribution in [0.25, 0.3) is 0 Å². The van der Waals surface area contributed by atoms with Crippen molar-refractivity contribution in [2.24, 2.45) is 0 Å². The highest BCUT2D eigenvalue weighted by Gasteiger charge is 2.37. The summed E-state index contributed by atoms with van der Waals surface area (Å²) in [6.07, 6.45) is 2.77. The molecule has 1 rings (SSSR count). The van der Waals surface area contributed by atoms with Crippen LogP contribution >= 0.6 is 0 Å². The zero-order valence-electron chi connectivity index (χ0n) is 6.64. The lowest BCUT2D eigenvalue weighted by Crippen LogP contribution is -2.35.